The van der Waals surface area contributed by atoms with E-state index in [2.05, 4.69) is 4.98 Å². The van der Waals surface area contributed by atoms with Gasteiger partial charge in [-0.15, -0.1) is 0 Å². The third-order valence-electron chi connectivity index (χ3n) is 5.77. The first kappa shape index (κ1) is 28.2. The van der Waals surface area contributed by atoms with E-state index < -0.39 is 15.7 Å². The second-order valence-corrected chi connectivity index (χ2v) is 11.0. The average Bonchev–Trinajstić information content (AvgIpc) is 3.34. The molecule has 0 fully saturated rings. The maximum absolute atomic E-state index is 13.2. The summed E-state index contributed by atoms with van der Waals surface area (Å²) in [5.41, 5.74) is 2.60. The van der Waals surface area contributed by atoms with Crippen molar-refractivity contribution in [3.63, 3.8) is 0 Å². The molecule has 3 heterocycles. The molecule has 0 spiro atoms. The summed E-state index contributed by atoms with van der Waals surface area (Å²) in [4.78, 5) is 17.7. The van der Waals surface area contributed by atoms with E-state index in [9.17, 15) is 13.2 Å². The lowest BCUT2D eigenvalue weighted by Crippen LogP contribution is -2.29. The first-order chi connectivity index (χ1) is 18.4. The summed E-state index contributed by atoms with van der Waals surface area (Å²) < 4.78 is 44.9. The summed E-state index contributed by atoms with van der Waals surface area (Å²) in [5, 5.41) is 0.525. The SMILES string of the molecule is COc1ccc(C2=C(c3ccc(OCc4nc5ccccn5c4Cl)cc3)C(=O)C(C)(C)O2)cc1.CS(=O)(=O)O. The van der Waals surface area contributed by atoms with Crippen LogP contribution in [0.2, 0.25) is 5.15 Å². The van der Waals surface area contributed by atoms with Gasteiger partial charge >= 0.3 is 0 Å². The quantitative estimate of drug-likeness (QED) is 0.309. The number of hydrogen-bond acceptors (Lipinski definition) is 7. The van der Waals surface area contributed by atoms with E-state index in [0.29, 0.717) is 34.2 Å². The number of halogens is 1. The number of methoxy groups -OCH3 is 1. The van der Waals surface area contributed by atoms with Crippen molar-refractivity contribution in [3.8, 4) is 11.5 Å². The van der Waals surface area contributed by atoms with Gasteiger partial charge in [-0.2, -0.15) is 8.42 Å². The number of Topliss-reactive ketones (excluding diaryl/α,β-unsaturated/α-hetero) is 1. The third-order valence-corrected chi connectivity index (χ3v) is 6.17. The molecule has 2 aromatic carbocycles. The van der Waals surface area contributed by atoms with Crippen LogP contribution in [0.5, 0.6) is 11.5 Å². The molecule has 204 valence electrons. The Morgan fingerprint density at radius 3 is 2.18 bits per heavy atom. The van der Waals surface area contributed by atoms with Gasteiger partial charge in [0, 0.05) is 11.8 Å². The van der Waals surface area contributed by atoms with Crippen molar-refractivity contribution >= 4 is 44.5 Å². The zero-order chi connectivity index (χ0) is 28.4. The number of imidazole rings is 1. The van der Waals surface area contributed by atoms with Crippen molar-refractivity contribution in [2.45, 2.75) is 26.1 Å². The van der Waals surface area contributed by atoms with Crippen LogP contribution in [0.25, 0.3) is 17.0 Å². The highest BCUT2D eigenvalue weighted by Gasteiger charge is 2.42. The lowest BCUT2D eigenvalue weighted by molar-refractivity contribution is -0.125. The Kier molecular flexibility index (Phi) is 8.01. The second-order valence-electron chi connectivity index (χ2n) is 9.20. The number of hydrogen-bond donors (Lipinski definition) is 1. The number of aromatic nitrogens is 2. The fourth-order valence-corrected chi connectivity index (χ4v) is 4.18. The number of fused-ring (bicyclic) bond motifs is 1. The summed E-state index contributed by atoms with van der Waals surface area (Å²) in [6, 6.07) is 20.6. The molecule has 39 heavy (non-hydrogen) atoms. The smallest absolute Gasteiger partial charge is 0.261 e. The first-order valence-corrected chi connectivity index (χ1v) is 14.0. The normalized spacial score (nSPS) is 14.6. The Bertz CT molecular complexity index is 1630. The van der Waals surface area contributed by atoms with Crippen molar-refractivity contribution in [1.29, 1.82) is 0 Å². The van der Waals surface area contributed by atoms with Gasteiger partial charge in [0.25, 0.3) is 10.1 Å². The van der Waals surface area contributed by atoms with E-state index in [4.69, 9.17) is 30.4 Å². The minimum absolute atomic E-state index is 0.0662. The minimum Gasteiger partial charge on any atom is -0.497 e. The van der Waals surface area contributed by atoms with E-state index in [1.807, 2.05) is 77.3 Å². The molecular weight excluding hydrogens is 544 g/mol. The van der Waals surface area contributed by atoms with Crippen LogP contribution in [0.1, 0.15) is 30.7 Å². The van der Waals surface area contributed by atoms with E-state index in [1.165, 1.54) is 0 Å². The van der Waals surface area contributed by atoms with Crippen molar-refractivity contribution in [2.75, 3.05) is 13.4 Å². The molecule has 0 saturated carbocycles. The molecule has 0 amide bonds. The molecule has 1 aliphatic heterocycles. The van der Waals surface area contributed by atoms with Gasteiger partial charge in [-0.05, 0) is 67.9 Å². The van der Waals surface area contributed by atoms with Crippen LogP contribution < -0.4 is 9.47 Å². The molecular formula is C28H27ClN2O7S. The standard InChI is InChI=1S/C27H23ClN2O4.CH4O3S/c1-27(2)25(31)23(24(34-27)18-9-11-19(32-3)12-10-18)17-7-13-20(14-8-17)33-16-21-26(28)30-15-5-4-6-22(30)29-21;1-5(2,3)4/h4-15H,16H2,1-3H3;1H3,(H,2,3,4). The van der Waals surface area contributed by atoms with Gasteiger partial charge in [0.05, 0.1) is 18.9 Å². The number of ketones is 1. The van der Waals surface area contributed by atoms with Gasteiger partial charge in [0.15, 0.2) is 5.60 Å². The lowest BCUT2D eigenvalue weighted by Gasteiger charge is -2.17. The van der Waals surface area contributed by atoms with Gasteiger partial charge in [0.2, 0.25) is 5.78 Å². The van der Waals surface area contributed by atoms with Crippen LogP contribution in [-0.2, 0) is 26.3 Å². The molecule has 4 aromatic rings. The Morgan fingerprint density at radius 2 is 1.59 bits per heavy atom. The Balaban J connectivity index is 0.000000648. The molecule has 0 atom stereocenters. The van der Waals surface area contributed by atoms with Gasteiger partial charge < -0.3 is 14.2 Å². The fourth-order valence-electron chi connectivity index (χ4n) is 3.94. The van der Waals surface area contributed by atoms with Crippen LogP contribution in [0.15, 0.2) is 72.9 Å². The summed E-state index contributed by atoms with van der Waals surface area (Å²) >= 11 is 6.43. The highest BCUT2D eigenvalue weighted by molar-refractivity contribution is 7.85. The number of pyridine rings is 1. The van der Waals surface area contributed by atoms with Crippen molar-refractivity contribution in [3.05, 3.63) is 94.9 Å². The number of nitrogens with zero attached hydrogens (tertiary/aromatic N) is 2. The van der Waals surface area contributed by atoms with Crippen LogP contribution in [0, 0.1) is 0 Å². The molecule has 0 bridgehead atoms. The molecule has 11 heteroatoms. The number of rotatable bonds is 6. The first-order valence-electron chi connectivity index (χ1n) is 11.8. The maximum atomic E-state index is 13.2. The summed E-state index contributed by atoms with van der Waals surface area (Å²) in [6.07, 6.45) is 2.58. The fraction of sp³-hybridized carbons (Fsp3) is 0.214. The Labute approximate surface area is 231 Å². The summed E-state index contributed by atoms with van der Waals surface area (Å²) in [6.45, 7) is 3.79. The van der Waals surface area contributed by atoms with Crippen molar-refractivity contribution in [2.24, 2.45) is 0 Å². The molecule has 0 unspecified atom stereocenters. The minimum atomic E-state index is -3.67. The van der Waals surface area contributed by atoms with Crippen LogP contribution in [0.4, 0.5) is 0 Å². The van der Waals surface area contributed by atoms with Gasteiger partial charge in [-0.25, -0.2) is 4.98 Å². The van der Waals surface area contributed by atoms with Crippen molar-refractivity contribution < 1.29 is 32.0 Å². The van der Waals surface area contributed by atoms with E-state index >= 15 is 0 Å². The van der Waals surface area contributed by atoms with Crippen LogP contribution >= 0.6 is 11.6 Å². The maximum Gasteiger partial charge on any atom is 0.261 e. The van der Waals surface area contributed by atoms with Gasteiger partial charge in [-0.3, -0.25) is 13.7 Å². The van der Waals surface area contributed by atoms with Crippen LogP contribution in [-0.4, -0.2) is 47.1 Å². The molecule has 0 aliphatic carbocycles. The predicted molar refractivity (Wildman–Crippen MR) is 148 cm³/mol. The van der Waals surface area contributed by atoms with E-state index in [1.54, 1.807) is 21.0 Å². The zero-order valence-electron chi connectivity index (χ0n) is 21.7. The van der Waals surface area contributed by atoms with E-state index in [-0.39, 0.29) is 12.4 Å². The second kappa shape index (κ2) is 11.1. The average molecular weight is 571 g/mol. The number of benzene rings is 2. The van der Waals surface area contributed by atoms with Crippen molar-refractivity contribution in [1.82, 2.24) is 9.38 Å². The molecule has 1 aliphatic rings. The molecule has 2 aromatic heterocycles. The van der Waals surface area contributed by atoms with Gasteiger partial charge in [0.1, 0.15) is 40.4 Å². The monoisotopic (exact) mass is 570 g/mol. The Hall–Kier alpha value is -3.86. The summed E-state index contributed by atoms with van der Waals surface area (Å²) in [5.74, 6) is 1.88. The molecule has 0 radical (unpaired) electrons. The predicted octanol–water partition coefficient (Wildman–Crippen LogP) is 5.33. The molecule has 9 nitrogen and oxygen atoms in total. The summed E-state index contributed by atoms with van der Waals surface area (Å²) in [7, 11) is -2.05. The lowest BCUT2D eigenvalue weighted by atomic mass is 9.92. The van der Waals surface area contributed by atoms with E-state index in [0.717, 1.165) is 22.5 Å². The number of carbonyl (C=O) groups excluding carboxylic acids is 1. The topological polar surface area (TPSA) is 116 Å². The Morgan fingerprint density at radius 1 is 1.00 bits per heavy atom. The molecule has 0 saturated heterocycles. The molecule has 1 N–H and O–H groups in total. The molecule has 5 rings (SSSR count). The zero-order valence-corrected chi connectivity index (χ0v) is 23.3. The largest absolute Gasteiger partial charge is 0.497 e. The third kappa shape index (κ3) is 6.59. The number of ether oxygens (including phenoxy) is 3. The van der Waals surface area contributed by atoms with Gasteiger partial charge in [-0.1, -0.05) is 29.8 Å². The van der Waals surface area contributed by atoms with Crippen LogP contribution in [0.3, 0.4) is 0 Å². The highest BCUT2D eigenvalue weighted by atomic mass is 35.5. The number of carbonyl (C=O) groups is 1. The highest BCUT2D eigenvalue weighted by Crippen LogP contribution is 2.41.